The molecule has 2 aliphatic rings. The Morgan fingerprint density at radius 2 is 1.70 bits per heavy atom. The summed E-state index contributed by atoms with van der Waals surface area (Å²) < 4.78 is 13.6. The van der Waals surface area contributed by atoms with Crippen molar-refractivity contribution >= 4 is 23.7 Å². The van der Waals surface area contributed by atoms with Crippen molar-refractivity contribution in [3.63, 3.8) is 0 Å². The summed E-state index contributed by atoms with van der Waals surface area (Å²) in [7, 11) is 0. The zero-order valence-corrected chi connectivity index (χ0v) is 22.4. The minimum absolute atomic E-state index is 0.0798. The van der Waals surface area contributed by atoms with Crippen molar-refractivity contribution in [2.75, 3.05) is 18.0 Å². The molecule has 0 spiro atoms. The van der Waals surface area contributed by atoms with Crippen molar-refractivity contribution in [1.29, 1.82) is 0 Å². The summed E-state index contributed by atoms with van der Waals surface area (Å²) in [5.41, 5.74) is 3.41. The number of hydrogen-bond donors (Lipinski definition) is 3. The fourth-order valence-corrected chi connectivity index (χ4v) is 5.30. The van der Waals surface area contributed by atoms with Crippen LogP contribution in [-0.4, -0.2) is 45.9 Å². The second-order valence-corrected chi connectivity index (χ2v) is 10.4. The number of aromatic nitrogens is 2. The van der Waals surface area contributed by atoms with E-state index in [0.29, 0.717) is 24.4 Å². The first kappa shape index (κ1) is 27.2. The zero-order chi connectivity index (χ0) is 28.2. The first-order valence-electron chi connectivity index (χ1n) is 13.6. The molecule has 208 valence electrons. The SMILES string of the molecule is Cc1cc(CNC(=O)c2cc(C(=O)N[C@H]3CCc4cc(C(=O)O)ccc43)nc(N3CCCCCC3)n2)ccc1F. The van der Waals surface area contributed by atoms with Crippen LogP contribution in [-0.2, 0) is 13.0 Å². The Morgan fingerprint density at radius 1 is 0.975 bits per heavy atom. The summed E-state index contributed by atoms with van der Waals surface area (Å²) in [4.78, 5) is 49.0. The molecular formula is C30H32FN5O4. The number of aryl methyl sites for hydroxylation is 2. The van der Waals surface area contributed by atoms with Crippen LogP contribution in [0, 0.1) is 12.7 Å². The Morgan fingerprint density at radius 3 is 2.40 bits per heavy atom. The van der Waals surface area contributed by atoms with Gasteiger partial charge in [-0.2, -0.15) is 0 Å². The summed E-state index contributed by atoms with van der Waals surface area (Å²) in [6.07, 6.45) is 5.45. The number of halogens is 1. The number of benzene rings is 2. The number of anilines is 1. The molecule has 2 heterocycles. The molecule has 1 fully saturated rings. The van der Waals surface area contributed by atoms with E-state index in [9.17, 15) is 23.9 Å². The molecule has 2 amide bonds. The van der Waals surface area contributed by atoms with Crippen LogP contribution >= 0.6 is 0 Å². The second-order valence-electron chi connectivity index (χ2n) is 10.4. The number of nitrogens with one attached hydrogen (secondary N) is 2. The van der Waals surface area contributed by atoms with Gasteiger partial charge in [-0.25, -0.2) is 19.2 Å². The lowest BCUT2D eigenvalue weighted by molar-refractivity contribution is 0.0696. The number of hydrogen-bond acceptors (Lipinski definition) is 6. The highest BCUT2D eigenvalue weighted by Gasteiger charge is 2.27. The molecule has 9 nitrogen and oxygen atoms in total. The Hall–Kier alpha value is -4.34. The van der Waals surface area contributed by atoms with E-state index in [-0.39, 0.29) is 35.4 Å². The van der Waals surface area contributed by atoms with Crippen LogP contribution < -0.4 is 15.5 Å². The number of carboxylic acids is 1. The van der Waals surface area contributed by atoms with E-state index >= 15 is 0 Å². The molecule has 10 heteroatoms. The third-order valence-electron chi connectivity index (χ3n) is 7.52. The van der Waals surface area contributed by atoms with Gasteiger partial charge in [0.1, 0.15) is 17.2 Å². The molecule has 2 aromatic carbocycles. The third kappa shape index (κ3) is 6.11. The average Bonchev–Trinajstić information content (AvgIpc) is 3.15. The van der Waals surface area contributed by atoms with E-state index in [1.807, 2.05) is 4.90 Å². The highest BCUT2D eigenvalue weighted by atomic mass is 19.1. The molecule has 1 aliphatic carbocycles. The summed E-state index contributed by atoms with van der Waals surface area (Å²) in [6.45, 7) is 3.32. The molecule has 1 aliphatic heterocycles. The largest absolute Gasteiger partial charge is 0.478 e. The van der Waals surface area contributed by atoms with Crippen LogP contribution in [0.25, 0.3) is 0 Å². The molecule has 0 unspecified atom stereocenters. The van der Waals surface area contributed by atoms with Gasteiger partial charge in [-0.1, -0.05) is 31.0 Å². The number of carboxylic acid groups (broad SMARTS) is 1. The minimum atomic E-state index is -0.988. The van der Waals surface area contributed by atoms with E-state index in [1.54, 1.807) is 37.3 Å². The van der Waals surface area contributed by atoms with Crippen LogP contribution in [0.3, 0.4) is 0 Å². The van der Waals surface area contributed by atoms with Gasteiger partial charge in [-0.05, 0) is 73.1 Å². The quantitative estimate of drug-likeness (QED) is 0.403. The standard InChI is InChI=1S/C30H32FN5O4/c1-18-14-19(6-10-23(18)31)17-32-27(37)25-16-26(35-30(34-25)36-12-4-2-3-5-13-36)28(38)33-24-11-8-20-15-21(29(39)40)7-9-22(20)24/h6-7,9-10,14-16,24H,2-5,8,11-13,17H2,1H3,(H,32,37)(H,33,38)(H,39,40)/t24-/m0/s1. The van der Waals surface area contributed by atoms with E-state index in [0.717, 1.165) is 55.5 Å². The molecule has 1 atom stereocenters. The molecule has 0 radical (unpaired) electrons. The van der Waals surface area contributed by atoms with Crippen molar-refractivity contribution in [2.24, 2.45) is 0 Å². The van der Waals surface area contributed by atoms with Gasteiger partial charge in [-0.15, -0.1) is 0 Å². The third-order valence-corrected chi connectivity index (χ3v) is 7.52. The number of carbonyl (C=O) groups excluding carboxylic acids is 2. The van der Waals surface area contributed by atoms with Crippen LogP contribution in [0.4, 0.5) is 10.3 Å². The van der Waals surface area contributed by atoms with Crippen molar-refractivity contribution in [3.05, 3.63) is 87.5 Å². The number of rotatable bonds is 7. The Balaban J connectivity index is 1.38. The summed E-state index contributed by atoms with van der Waals surface area (Å²) in [5.74, 6) is -1.84. The molecule has 1 saturated heterocycles. The average molecular weight is 546 g/mol. The number of aromatic carboxylic acids is 1. The predicted octanol–water partition coefficient (Wildman–Crippen LogP) is 4.35. The molecular weight excluding hydrogens is 513 g/mol. The van der Waals surface area contributed by atoms with Gasteiger partial charge in [-0.3, -0.25) is 9.59 Å². The first-order valence-corrected chi connectivity index (χ1v) is 13.6. The summed E-state index contributed by atoms with van der Waals surface area (Å²) >= 11 is 0. The van der Waals surface area contributed by atoms with Crippen molar-refractivity contribution in [2.45, 2.75) is 58.0 Å². The summed E-state index contributed by atoms with van der Waals surface area (Å²) in [6, 6.07) is 10.7. The van der Waals surface area contributed by atoms with E-state index < -0.39 is 17.8 Å². The Labute approximate surface area is 231 Å². The molecule has 5 rings (SSSR count). The normalized spacial score (nSPS) is 16.6. The predicted molar refractivity (Wildman–Crippen MR) is 147 cm³/mol. The maximum atomic E-state index is 13.6. The van der Waals surface area contributed by atoms with Gasteiger partial charge in [0, 0.05) is 25.7 Å². The maximum absolute atomic E-state index is 13.6. The highest BCUT2D eigenvalue weighted by molar-refractivity contribution is 5.98. The topological polar surface area (TPSA) is 125 Å². The molecule has 0 saturated carbocycles. The monoisotopic (exact) mass is 545 g/mol. The van der Waals surface area contributed by atoms with E-state index in [4.69, 9.17) is 0 Å². The van der Waals surface area contributed by atoms with Crippen molar-refractivity contribution in [3.8, 4) is 0 Å². The molecule has 1 aromatic heterocycles. The van der Waals surface area contributed by atoms with Gasteiger partial charge < -0.3 is 20.6 Å². The van der Waals surface area contributed by atoms with Crippen LogP contribution in [0.15, 0.2) is 42.5 Å². The van der Waals surface area contributed by atoms with Gasteiger partial charge in [0.05, 0.1) is 11.6 Å². The van der Waals surface area contributed by atoms with Gasteiger partial charge in [0.2, 0.25) is 5.95 Å². The Bertz CT molecular complexity index is 1450. The van der Waals surface area contributed by atoms with Crippen LogP contribution in [0.5, 0.6) is 0 Å². The number of nitrogens with zero attached hydrogens (tertiary/aromatic N) is 3. The smallest absolute Gasteiger partial charge is 0.335 e. The van der Waals surface area contributed by atoms with Gasteiger partial charge in [0.15, 0.2) is 0 Å². The van der Waals surface area contributed by atoms with Gasteiger partial charge >= 0.3 is 5.97 Å². The number of fused-ring (bicyclic) bond motifs is 1. The maximum Gasteiger partial charge on any atom is 0.335 e. The highest BCUT2D eigenvalue weighted by Crippen LogP contribution is 2.32. The lowest BCUT2D eigenvalue weighted by atomic mass is 10.0. The lowest BCUT2D eigenvalue weighted by Gasteiger charge is -2.21. The second kappa shape index (κ2) is 11.8. The number of amides is 2. The van der Waals surface area contributed by atoms with E-state index in [2.05, 4.69) is 20.6 Å². The summed E-state index contributed by atoms with van der Waals surface area (Å²) in [5, 5.41) is 15.1. The molecule has 3 aromatic rings. The van der Waals surface area contributed by atoms with Crippen LogP contribution in [0.1, 0.15) is 91.7 Å². The van der Waals surface area contributed by atoms with Gasteiger partial charge in [0.25, 0.3) is 11.8 Å². The molecule has 40 heavy (non-hydrogen) atoms. The fraction of sp³-hybridized carbons (Fsp3) is 0.367. The van der Waals surface area contributed by atoms with Crippen LogP contribution in [0.2, 0.25) is 0 Å². The molecule has 3 N–H and O–H groups in total. The zero-order valence-electron chi connectivity index (χ0n) is 22.4. The number of carbonyl (C=O) groups is 3. The van der Waals surface area contributed by atoms with Crippen molar-refractivity contribution < 1.29 is 23.9 Å². The first-order chi connectivity index (χ1) is 19.3. The lowest BCUT2D eigenvalue weighted by Crippen LogP contribution is -2.32. The van der Waals surface area contributed by atoms with E-state index in [1.165, 1.54) is 12.1 Å². The van der Waals surface area contributed by atoms with Crippen molar-refractivity contribution in [1.82, 2.24) is 20.6 Å². The minimum Gasteiger partial charge on any atom is -0.478 e. The Kier molecular flexibility index (Phi) is 8.04. The molecule has 0 bridgehead atoms. The fourth-order valence-electron chi connectivity index (χ4n) is 5.30.